The van der Waals surface area contributed by atoms with Gasteiger partial charge in [-0.25, -0.2) is 8.42 Å². The maximum atomic E-state index is 13.4. The van der Waals surface area contributed by atoms with Crippen molar-refractivity contribution in [3.05, 3.63) is 76.3 Å². The number of amides is 1. The maximum absolute atomic E-state index is 13.4. The van der Waals surface area contributed by atoms with Gasteiger partial charge >= 0.3 is 5.97 Å². The van der Waals surface area contributed by atoms with E-state index in [9.17, 15) is 23.1 Å². The number of benzene rings is 2. The molecule has 3 aliphatic rings. The highest BCUT2D eigenvalue weighted by atomic mass is 35.5. The number of hydrogen-bond donors (Lipinski definition) is 2. The summed E-state index contributed by atoms with van der Waals surface area (Å²) >= 11 is 7.17. The minimum atomic E-state index is -3.97. The molecule has 3 unspecified atom stereocenters. The molecule has 0 radical (unpaired) electrons. The van der Waals surface area contributed by atoms with Crippen molar-refractivity contribution in [2.24, 2.45) is 0 Å². The molecule has 8 nitrogen and oxygen atoms in total. The average Bonchev–Trinajstić information content (AvgIpc) is 3.37. The van der Waals surface area contributed by atoms with Crippen LogP contribution in [0.4, 0.5) is 0 Å². The molecule has 11 heteroatoms. The Balaban J connectivity index is 1.30. The van der Waals surface area contributed by atoms with Crippen molar-refractivity contribution < 1.29 is 23.1 Å². The third-order valence-corrected chi connectivity index (χ3v) is 11.5. The Bertz CT molecular complexity index is 1370. The maximum Gasteiger partial charge on any atom is 0.325 e. The monoisotopic (exact) mass is 575 g/mol. The van der Waals surface area contributed by atoms with Gasteiger partial charge < -0.3 is 14.9 Å². The van der Waals surface area contributed by atoms with Crippen LogP contribution in [0.15, 0.2) is 54.6 Å². The number of thioether (sulfide) groups is 1. The number of nitrogens with one attached hydrogen (secondary N) is 1. The number of carboxylic acid groups (broad SMARTS) is 1. The molecule has 1 amide bonds. The average molecular weight is 576 g/mol. The van der Waals surface area contributed by atoms with E-state index in [-0.39, 0.29) is 25.2 Å². The summed E-state index contributed by atoms with van der Waals surface area (Å²) in [6.07, 6.45) is 2.42. The second-order valence-corrected chi connectivity index (χ2v) is 13.9. The lowest BCUT2D eigenvalue weighted by Gasteiger charge is -2.32. The molecule has 38 heavy (non-hydrogen) atoms. The molecular formula is C27H30ClN3O5S2. The molecule has 5 rings (SSSR count). The highest BCUT2D eigenvalue weighted by molar-refractivity contribution is 8.18. The quantitative estimate of drug-likeness (QED) is 0.497. The molecule has 3 atom stereocenters. The zero-order chi connectivity index (χ0) is 27.1. The van der Waals surface area contributed by atoms with Crippen molar-refractivity contribution >= 4 is 50.2 Å². The molecule has 0 bridgehead atoms. The topological polar surface area (TPSA) is 107 Å². The number of rotatable bonds is 8. The van der Waals surface area contributed by atoms with Gasteiger partial charge in [-0.2, -0.15) is 4.72 Å². The summed E-state index contributed by atoms with van der Waals surface area (Å²) < 4.78 is 28.5. The number of carbonyl (C=O) groups excluding carboxylic acids is 1. The summed E-state index contributed by atoms with van der Waals surface area (Å²) in [7, 11) is -1.95. The normalized spacial score (nSPS) is 25.7. The van der Waals surface area contributed by atoms with Crippen LogP contribution in [0.25, 0.3) is 4.91 Å². The fourth-order valence-corrected chi connectivity index (χ4v) is 8.48. The van der Waals surface area contributed by atoms with Gasteiger partial charge in [-0.1, -0.05) is 54.1 Å². The third-order valence-electron chi connectivity index (χ3n) is 7.52. The number of nitrogens with zero attached hydrogens (tertiary/aromatic N) is 2. The summed E-state index contributed by atoms with van der Waals surface area (Å²) in [6, 6.07) is 14.4. The van der Waals surface area contributed by atoms with E-state index >= 15 is 0 Å². The molecular weight excluding hydrogens is 546 g/mol. The molecule has 2 aromatic rings. The van der Waals surface area contributed by atoms with Crippen molar-refractivity contribution in [3.8, 4) is 0 Å². The summed E-state index contributed by atoms with van der Waals surface area (Å²) in [4.78, 5) is 30.3. The summed E-state index contributed by atoms with van der Waals surface area (Å²) in [5.41, 5.74) is 0.688. The fraction of sp³-hybridized carbons (Fsp3) is 0.407. The molecule has 2 N–H and O–H groups in total. The number of carbonyl (C=O) groups is 2. The van der Waals surface area contributed by atoms with E-state index in [2.05, 4.69) is 9.62 Å². The van der Waals surface area contributed by atoms with Crippen LogP contribution >= 0.6 is 23.4 Å². The van der Waals surface area contributed by atoms with Crippen LogP contribution in [0.1, 0.15) is 35.4 Å². The number of piperazine rings is 1. The summed E-state index contributed by atoms with van der Waals surface area (Å²) in [5.74, 6) is -1.77. The molecule has 2 aromatic carbocycles. The Kier molecular flexibility index (Phi) is 7.63. The lowest BCUT2D eigenvalue weighted by molar-refractivity contribution is -0.140. The molecule has 0 aromatic heterocycles. The van der Waals surface area contributed by atoms with Crippen LogP contribution in [0.5, 0.6) is 0 Å². The molecule has 2 fully saturated rings. The Morgan fingerprint density at radius 3 is 2.47 bits per heavy atom. The minimum Gasteiger partial charge on any atom is -0.480 e. The first kappa shape index (κ1) is 27.2. The van der Waals surface area contributed by atoms with Crippen LogP contribution in [0, 0.1) is 0 Å². The minimum absolute atomic E-state index is 0.00383. The van der Waals surface area contributed by atoms with E-state index in [1.54, 1.807) is 24.3 Å². The van der Waals surface area contributed by atoms with Crippen LogP contribution in [-0.4, -0.2) is 78.5 Å². The molecule has 202 valence electrons. The van der Waals surface area contributed by atoms with E-state index in [1.165, 1.54) is 11.8 Å². The molecule has 2 aliphatic heterocycles. The van der Waals surface area contributed by atoms with Gasteiger partial charge in [-0.3, -0.25) is 9.59 Å². The van der Waals surface area contributed by atoms with E-state index in [0.29, 0.717) is 23.7 Å². The largest absolute Gasteiger partial charge is 0.480 e. The zero-order valence-electron chi connectivity index (χ0n) is 21.0. The fourth-order valence-electron chi connectivity index (χ4n) is 5.15. The number of aliphatic carboxylic acids is 1. The Hall–Kier alpha value is -2.37. The van der Waals surface area contributed by atoms with Crippen molar-refractivity contribution in [3.63, 3.8) is 0 Å². The van der Waals surface area contributed by atoms with Gasteiger partial charge in [0.1, 0.15) is 10.1 Å². The van der Waals surface area contributed by atoms with E-state index < -0.39 is 32.0 Å². The van der Waals surface area contributed by atoms with Crippen LogP contribution in [-0.2, 0) is 26.0 Å². The number of halogens is 1. The SMILES string of the molecule is CN1CCN(C(=O)Cc2ccccc2C2CC2(NS(=O)(=O)C2CC=C(c3ccc(Cl)cc3)S2)C(=O)O)CC1. The lowest BCUT2D eigenvalue weighted by atomic mass is 9.97. The van der Waals surface area contributed by atoms with Gasteiger partial charge in [0.05, 0.1) is 6.42 Å². The second-order valence-electron chi connectivity index (χ2n) is 10.1. The van der Waals surface area contributed by atoms with Crippen LogP contribution < -0.4 is 4.72 Å². The predicted molar refractivity (Wildman–Crippen MR) is 149 cm³/mol. The van der Waals surface area contributed by atoms with Gasteiger partial charge in [-0.05, 0) is 48.7 Å². The van der Waals surface area contributed by atoms with E-state index in [1.807, 2.05) is 42.3 Å². The molecule has 2 heterocycles. The first-order chi connectivity index (χ1) is 18.1. The molecule has 1 saturated heterocycles. The highest BCUT2D eigenvalue weighted by Gasteiger charge is 2.64. The first-order valence-corrected chi connectivity index (χ1v) is 15.3. The predicted octanol–water partition coefficient (Wildman–Crippen LogP) is 3.39. The Morgan fingerprint density at radius 2 is 1.79 bits per heavy atom. The third kappa shape index (κ3) is 5.51. The number of hydrogen-bond acceptors (Lipinski definition) is 6. The summed E-state index contributed by atoms with van der Waals surface area (Å²) in [5, 5.41) is 10.8. The van der Waals surface area contributed by atoms with Gasteiger partial charge in [-0.15, -0.1) is 11.8 Å². The van der Waals surface area contributed by atoms with Crippen molar-refractivity contribution in [2.75, 3.05) is 33.2 Å². The van der Waals surface area contributed by atoms with E-state index in [0.717, 1.165) is 29.1 Å². The van der Waals surface area contributed by atoms with Crippen molar-refractivity contribution in [1.29, 1.82) is 0 Å². The Labute approximate surface area is 232 Å². The number of likely N-dealkylation sites (N-methyl/N-ethyl adjacent to an activating group) is 1. The standard InChI is InChI=1S/C27H30ClN3O5S2/c1-30-12-14-31(15-13-30)24(32)16-19-4-2-3-5-21(19)22-17-27(22,26(33)34)29-38(35,36)25-11-10-23(37-25)18-6-8-20(28)9-7-18/h2-10,22,25,29H,11-17H2,1H3,(H,33,34). The first-order valence-electron chi connectivity index (χ1n) is 12.5. The van der Waals surface area contributed by atoms with Gasteiger partial charge in [0.25, 0.3) is 0 Å². The number of allylic oxidation sites excluding steroid dienone is 1. The van der Waals surface area contributed by atoms with Gasteiger partial charge in [0.15, 0.2) is 0 Å². The van der Waals surface area contributed by atoms with Crippen LogP contribution in [0.2, 0.25) is 5.02 Å². The zero-order valence-corrected chi connectivity index (χ0v) is 23.4. The number of carboxylic acids is 1. The second kappa shape index (κ2) is 10.7. The van der Waals surface area contributed by atoms with E-state index in [4.69, 9.17) is 11.6 Å². The highest BCUT2D eigenvalue weighted by Crippen LogP contribution is 2.54. The van der Waals surface area contributed by atoms with Gasteiger partial charge in [0.2, 0.25) is 15.9 Å². The molecule has 1 saturated carbocycles. The Morgan fingerprint density at radius 1 is 1.11 bits per heavy atom. The summed E-state index contributed by atoms with van der Waals surface area (Å²) in [6.45, 7) is 2.94. The molecule has 1 aliphatic carbocycles. The van der Waals surface area contributed by atoms with Crippen molar-refractivity contribution in [1.82, 2.24) is 14.5 Å². The smallest absolute Gasteiger partial charge is 0.325 e. The molecule has 0 spiro atoms. The van der Waals surface area contributed by atoms with Crippen LogP contribution in [0.3, 0.4) is 0 Å². The van der Waals surface area contributed by atoms with Crippen molar-refractivity contribution in [2.45, 2.75) is 35.3 Å². The van der Waals surface area contributed by atoms with Gasteiger partial charge in [0, 0.05) is 42.0 Å². The lowest BCUT2D eigenvalue weighted by Crippen LogP contribution is -2.48. The number of sulfonamides is 1.